The molecule has 2 aliphatic rings. The summed E-state index contributed by atoms with van der Waals surface area (Å²) in [4.78, 5) is 55.8. The van der Waals surface area contributed by atoms with E-state index in [-0.39, 0.29) is 54.5 Å². The lowest BCUT2D eigenvalue weighted by Gasteiger charge is -2.29. The second-order valence-corrected chi connectivity index (χ2v) is 14.1. The van der Waals surface area contributed by atoms with Crippen LogP contribution in [-0.2, 0) is 37.3 Å². The van der Waals surface area contributed by atoms with Crippen molar-refractivity contribution in [2.75, 3.05) is 51.8 Å². The molecule has 0 bridgehead atoms. The van der Waals surface area contributed by atoms with Gasteiger partial charge in [-0.1, -0.05) is 13.8 Å². The molecule has 0 unspecified atom stereocenters. The maximum Gasteiger partial charge on any atom is 0.410 e. The number of hydrogen-bond acceptors (Lipinski definition) is 9. The highest BCUT2D eigenvalue weighted by Gasteiger charge is 2.34. The first-order chi connectivity index (χ1) is 21.5. The van der Waals surface area contributed by atoms with Crippen LogP contribution in [0.2, 0.25) is 0 Å². The standard InChI is InChI=1S/C31H42N4O8S2/c1-5-15-33(16-6-2)29(37)26-24-14-17-34(31(39)43-7-3)20-25(24)44-28(26)32-27(36)21-8-10-23(11-9-21)45(40,41)35-18-12-22(13-19-35)30(38)42-4/h8-11,22H,5-7,12-20H2,1-4H3,(H,32,36). The Kier molecular flexibility index (Phi) is 11.6. The number of sulfonamides is 1. The minimum atomic E-state index is -3.82. The molecular formula is C31H42N4O8S2. The summed E-state index contributed by atoms with van der Waals surface area (Å²) in [5.41, 5.74) is 1.51. The Morgan fingerprint density at radius 3 is 2.22 bits per heavy atom. The maximum absolute atomic E-state index is 13.9. The van der Waals surface area contributed by atoms with Crippen LogP contribution in [0.5, 0.6) is 0 Å². The number of methoxy groups -OCH3 is 1. The number of nitrogens with zero attached hydrogens (tertiary/aromatic N) is 3. The first-order valence-corrected chi connectivity index (χ1v) is 17.7. The van der Waals surface area contributed by atoms with E-state index in [2.05, 4.69) is 5.32 Å². The lowest BCUT2D eigenvalue weighted by atomic mass is 9.99. The number of piperidine rings is 1. The minimum absolute atomic E-state index is 0.0480. The molecule has 4 rings (SSSR count). The van der Waals surface area contributed by atoms with Gasteiger partial charge in [0.25, 0.3) is 11.8 Å². The third-order valence-corrected chi connectivity index (χ3v) is 11.1. The van der Waals surface area contributed by atoms with E-state index in [0.717, 1.165) is 23.3 Å². The third kappa shape index (κ3) is 7.67. The van der Waals surface area contributed by atoms with Crippen LogP contribution in [0.15, 0.2) is 29.2 Å². The molecule has 0 spiro atoms. The lowest BCUT2D eigenvalue weighted by Crippen LogP contribution is -2.40. The number of rotatable bonds is 11. The first-order valence-electron chi connectivity index (χ1n) is 15.4. The smallest absolute Gasteiger partial charge is 0.410 e. The van der Waals surface area contributed by atoms with Crippen molar-refractivity contribution in [1.82, 2.24) is 14.1 Å². The van der Waals surface area contributed by atoms with Gasteiger partial charge in [-0.25, -0.2) is 13.2 Å². The third-order valence-electron chi connectivity index (χ3n) is 8.04. The van der Waals surface area contributed by atoms with Crippen molar-refractivity contribution >= 4 is 50.2 Å². The fourth-order valence-corrected chi connectivity index (χ4v) is 8.42. The molecule has 0 atom stereocenters. The molecule has 45 heavy (non-hydrogen) atoms. The molecule has 0 radical (unpaired) electrons. The molecule has 2 aromatic rings. The van der Waals surface area contributed by atoms with Gasteiger partial charge in [0.2, 0.25) is 10.0 Å². The van der Waals surface area contributed by atoms with Gasteiger partial charge < -0.3 is 24.6 Å². The number of carbonyl (C=O) groups is 4. The topological polar surface area (TPSA) is 143 Å². The number of benzene rings is 1. The van der Waals surface area contributed by atoms with Crippen molar-refractivity contribution in [2.45, 2.75) is 64.3 Å². The number of esters is 1. The average Bonchev–Trinajstić information content (AvgIpc) is 3.41. The predicted octanol–water partition coefficient (Wildman–Crippen LogP) is 4.35. The van der Waals surface area contributed by atoms with Crippen molar-refractivity contribution < 1.29 is 37.1 Å². The van der Waals surface area contributed by atoms with Crippen molar-refractivity contribution in [1.29, 1.82) is 0 Å². The summed E-state index contributed by atoms with van der Waals surface area (Å²) in [6, 6.07) is 5.68. The highest BCUT2D eigenvalue weighted by molar-refractivity contribution is 7.89. The molecule has 3 heterocycles. The maximum atomic E-state index is 13.9. The molecule has 1 saturated heterocycles. The number of nitrogens with one attached hydrogen (secondary N) is 1. The number of fused-ring (bicyclic) bond motifs is 1. The van der Waals surface area contributed by atoms with Gasteiger partial charge >= 0.3 is 12.1 Å². The summed E-state index contributed by atoms with van der Waals surface area (Å²) in [6.07, 6.45) is 2.37. The van der Waals surface area contributed by atoms with Crippen LogP contribution in [0.3, 0.4) is 0 Å². The van der Waals surface area contributed by atoms with Crippen LogP contribution in [-0.4, -0.2) is 92.8 Å². The molecule has 1 N–H and O–H groups in total. The second-order valence-electron chi connectivity index (χ2n) is 11.1. The van der Waals surface area contributed by atoms with Gasteiger partial charge in [0.05, 0.1) is 36.6 Å². The Labute approximate surface area is 268 Å². The van der Waals surface area contributed by atoms with Crippen molar-refractivity contribution in [3.8, 4) is 0 Å². The summed E-state index contributed by atoms with van der Waals surface area (Å²) >= 11 is 1.27. The van der Waals surface area contributed by atoms with E-state index in [4.69, 9.17) is 9.47 Å². The molecular weight excluding hydrogens is 620 g/mol. The van der Waals surface area contributed by atoms with Gasteiger partial charge in [-0.3, -0.25) is 14.4 Å². The van der Waals surface area contributed by atoms with Gasteiger partial charge in [0.1, 0.15) is 5.00 Å². The predicted molar refractivity (Wildman–Crippen MR) is 170 cm³/mol. The molecule has 246 valence electrons. The fraction of sp³-hybridized carbons (Fsp3) is 0.548. The van der Waals surface area contributed by atoms with Crippen molar-refractivity contribution in [2.24, 2.45) is 5.92 Å². The SMILES string of the molecule is CCCN(CCC)C(=O)c1c(NC(=O)c2ccc(S(=O)(=O)N3CCC(C(=O)OC)CC3)cc2)sc2c1CCN(C(=O)OCC)C2. The molecule has 3 amide bonds. The number of amides is 3. The number of thiophene rings is 1. The Bertz CT molecular complexity index is 1490. The second kappa shape index (κ2) is 15.2. The van der Waals surface area contributed by atoms with E-state index < -0.39 is 22.0 Å². The summed E-state index contributed by atoms with van der Waals surface area (Å²) in [6.45, 7) is 8.25. The van der Waals surface area contributed by atoms with Gasteiger partial charge in [0, 0.05) is 43.2 Å². The van der Waals surface area contributed by atoms with Crippen LogP contribution < -0.4 is 5.32 Å². The Hall–Kier alpha value is -3.49. The highest BCUT2D eigenvalue weighted by atomic mass is 32.2. The van der Waals surface area contributed by atoms with E-state index in [0.29, 0.717) is 49.5 Å². The van der Waals surface area contributed by atoms with Crippen LogP contribution in [0, 0.1) is 5.92 Å². The number of anilines is 1. The Balaban J connectivity index is 1.56. The van der Waals surface area contributed by atoms with Gasteiger partial charge in [-0.15, -0.1) is 11.3 Å². The van der Waals surface area contributed by atoms with Crippen LogP contribution in [0.4, 0.5) is 9.80 Å². The zero-order chi connectivity index (χ0) is 32.7. The van der Waals surface area contributed by atoms with E-state index in [1.54, 1.807) is 16.7 Å². The zero-order valence-corrected chi connectivity index (χ0v) is 27.9. The first kappa shape index (κ1) is 34.4. The molecule has 14 heteroatoms. The Morgan fingerprint density at radius 1 is 1.00 bits per heavy atom. The monoisotopic (exact) mass is 662 g/mol. The van der Waals surface area contributed by atoms with Crippen LogP contribution >= 0.6 is 11.3 Å². The molecule has 1 aromatic carbocycles. The quantitative estimate of drug-likeness (QED) is 0.350. The van der Waals surface area contributed by atoms with E-state index in [1.165, 1.54) is 47.0 Å². The molecule has 1 aromatic heterocycles. The summed E-state index contributed by atoms with van der Waals surface area (Å²) < 4.78 is 37.8. The van der Waals surface area contributed by atoms with Crippen molar-refractivity contribution in [3.05, 3.63) is 45.8 Å². The highest BCUT2D eigenvalue weighted by Crippen LogP contribution is 2.38. The summed E-state index contributed by atoms with van der Waals surface area (Å²) in [5, 5.41) is 3.32. The molecule has 0 aliphatic carbocycles. The van der Waals surface area contributed by atoms with Crippen LogP contribution in [0.25, 0.3) is 0 Å². The van der Waals surface area contributed by atoms with Crippen LogP contribution in [0.1, 0.15) is 77.6 Å². The average molecular weight is 663 g/mol. The Morgan fingerprint density at radius 2 is 1.64 bits per heavy atom. The zero-order valence-electron chi connectivity index (χ0n) is 26.3. The van der Waals surface area contributed by atoms with Gasteiger partial charge in [-0.05, 0) is 68.9 Å². The van der Waals surface area contributed by atoms with E-state index in [9.17, 15) is 27.6 Å². The van der Waals surface area contributed by atoms with Gasteiger partial charge in [0.15, 0.2) is 0 Å². The number of ether oxygens (including phenoxy) is 2. The normalized spacial score (nSPS) is 15.7. The summed E-state index contributed by atoms with van der Waals surface area (Å²) in [7, 11) is -2.50. The largest absolute Gasteiger partial charge is 0.469 e. The number of carbonyl (C=O) groups excluding carboxylic acids is 4. The fourth-order valence-electron chi connectivity index (χ4n) is 5.70. The lowest BCUT2D eigenvalue weighted by molar-refractivity contribution is -0.146. The molecule has 12 nitrogen and oxygen atoms in total. The van der Waals surface area contributed by atoms with Gasteiger partial charge in [-0.2, -0.15) is 4.31 Å². The van der Waals surface area contributed by atoms with E-state index >= 15 is 0 Å². The summed E-state index contributed by atoms with van der Waals surface area (Å²) in [5.74, 6) is -1.30. The van der Waals surface area contributed by atoms with E-state index in [1.807, 2.05) is 13.8 Å². The molecule has 0 saturated carbocycles. The number of hydrogen-bond donors (Lipinski definition) is 1. The van der Waals surface area contributed by atoms with Crippen molar-refractivity contribution in [3.63, 3.8) is 0 Å². The molecule has 2 aliphatic heterocycles. The molecule has 1 fully saturated rings. The minimum Gasteiger partial charge on any atom is -0.469 e.